The van der Waals surface area contributed by atoms with Crippen LogP contribution in [-0.4, -0.2) is 76.2 Å². The minimum Gasteiger partial charge on any atom is -0.465 e. The molecular formula is C30H38N2O6. The highest BCUT2D eigenvalue weighted by molar-refractivity contribution is 5.99. The van der Waals surface area contributed by atoms with Crippen molar-refractivity contribution in [3.8, 4) is 0 Å². The van der Waals surface area contributed by atoms with Gasteiger partial charge in [0.05, 0.1) is 31.3 Å². The molecule has 4 heterocycles. The predicted octanol–water partition coefficient (Wildman–Crippen LogP) is 3.17. The van der Waals surface area contributed by atoms with Crippen molar-refractivity contribution in [2.75, 3.05) is 19.8 Å². The summed E-state index contributed by atoms with van der Waals surface area (Å²) in [6, 6.07) is 7.41. The maximum absolute atomic E-state index is 14.4. The number of ether oxygens (including phenoxy) is 2. The summed E-state index contributed by atoms with van der Waals surface area (Å²) in [4.78, 5) is 45.6. The van der Waals surface area contributed by atoms with E-state index in [0.29, 0.717) is 6.54 Å². The molecule has 2 unspecified atom stereocenters. The molecule has 1 N–H and O–H groups in total. The standard InChI is InChI=1S/C30H38N2O6/c1-3-12-20(2)31-17-11-16-30-25(24-23(38-30)15-9-4-5-10-18-37-29(24)36)27(34)32(26(30)28(31)35)22(19-33)21-13-7-6-8-14-21/h6-9,11,13-16,20,22-26,33H,3-5,10,12,17-19H2,1-2H3/b15-9-/t20?,22-,23+,24-,25+,26?,30+/m1/s1. The number of fused-ring (bicyclic) bond motifs is 2. The normalized spacial score (nSPS) is 33.6. The molecule has 0 aromatic heterocycles. The van der Waals surface area contributed by atoms with E-state index in [9.17, 15) is 19.5 Å². The zero-order valence-corrected chi connectivity index (χ0v) is 22.2. The Morgan fingerprint density at radius 3 is 2.63 bits per heavy atom. The van der Waals surface area contributed by atoms with Crippen LogP contribution in [0.1, 0.15) is 57.6 Å². The molecule has 8 nitrogen and oxygen atoms in total. The van der Waals surface area contributed by atoms with E-state index in [2.05, 4.69) is 6.92 Å². The van der Waals surface area contributed by atoms with Crippen LogP contribution in [0.4, 0.5) is 0 Å². The molecule has 1 aromatic rings. The molecule has 1 spiro atoms. The lowest BCUT2D eigenvalue weighted by molar-refractivity contribution is -0.157. The first-order valence-electron chi connectivity index (χ1n) is 13.9. The number of amides is 2. The Bertz CT molecular complexity index is 1100. The summed E-state index contributed by atoms with van der Waals surface area (Å²) in [5.41, 5.74) is -0.623. The van der Waals surface area contributed by atoms with Gasteiger partial charge in [-0.15, -0.1) is 0 Å². The lowest BCUT2D eigenvalue weighted by atomic mass is 9.77. The Hall–Kier alpha value is -2.97. The van der Waals surface area contributed by atoms with Crippen LogP contribution in [0.15, 0.2) is 54.6 Å². The molecule has 8 heteroatoms. The Labute approximate surface area is 224 Å². The summed E-state index contributed by atoms with van der Waals surface area (Å²) in [5, 5.41) is 10.6. The van der Waals surface area contributed by atoms with E-state index in [1.165, 1.54) is 4.90 Å². The molecular weight excluding hydrogens is 484 g/mol. The average Bonchev–Trinajstić information content (AvgIpc) is 3.30. The van der Waals surface area contributed by atoms with Crippen LogP contribution in [0.3, 0.4) is 0 Å². The molecule has 5 rings (SSSR count). The maximum Gasteiger partial charge on any atom is 0.312 e. The highest BCUT2D eigenvalue weighted by atomic mass is 16.6. The predicted molar refractivity (Wildman–Crippen MR) is 141 cm³/mol. The fourth-order valence-corrected chi connectivity index (χ4v) is 6.71. The summed E-state index contributed by atoms with van der Waals surface area (Å²) in [6.45, 7) is 4.41. The number of carbonyl (C=O) groups is 3. The van der Waals surface area contributed by atoms with E-state index < -0.39 is 41.6 Å². The van der Waals surface area contributed by atoms with E-state index >= 15 is 0 Å². The topological polar surface area (TPSA) is 96.4 Å². The molecule has 1 aromatic carbocycles. The first-order chi connectivity index (χ1) is 18.4. The van der Waals surface area contributed by atoms with Crippen LogP contribution in [0.25, 0.3) is 0 Å². The Kier molecular flexibility index (Phi) is 7.73. The summed E-state index contributed by atoms with van der Waals surface area (Å²) in [6.07, 6.45) is 11.1. The monoisotopic (exact) mass is 522 g/mol. The number of likely N-dealkylation sites (tertiary alicyclic amines) is 1. The number of rotatable bonds is 6. The van der Waals surface area contributed by atoms with Gasteiger partial charge in [0.1, 0.15) is 17.6 Å². The minimum absolute atomic E-state index is 0.0421. The number of aliphatic hydroxyl groups excluding tert-OH is 1. The van der Waals surface area contributed by atoms with Crippen molar-refractivity contribution in [1.82, 2.24) is 9.80 Å². The first kappa shape index (κ1) is 26.6. The molecule has 0 aliphatic carbocycles. The highest BCUT2D eigenvalue weighted by Crippen LogP contribution is 2.55. The van der Waals surface area contributed by atoms with Crippen molar-refractivity contribution < 1.29 is 29.0 Å². The molecule has 4 aliphatic heterocycles. The summed E-state index contributed by atoms with van der Waals surface area (Å²) < 4.78 is 12.3. The van der Waals surface area contributed by atoms with E-state index in [0.717, 1.165) is 37.7 Å². The van der Waals surface area contributed by atoms with Gasteiger partial charge in [-0.05, 0) is 38.2 Å². The molecule has 2 amide bonds. The lowest BCUT2D eigenvalue weighted by Crippen LogP contribution is -2.57. The van der Waals surface area contributed by atoms with Gasteiger partial charge >= 0.3 is 5.97 Å². The van der Waals surface area contributed by atoms with Crippen molar-refractivity contribution in [3.05, 3.63) is 60.2 Å². The Morgan fingerprint density at radius 2 is 1.89 bits per heavy atom. The highest BCUT2D eigenvalue weighted by Gasteiger charge is 2.72. The Balaban J connectivity index is 1.65. The average molecular weight is 523 g/mol. The van der Waals surface area contributed by atoms with E-state index in [4.69, 9.17) is 9.47 Å². The van der Waals surface area contributed by atoms with Crippen LogP contribution in [0, 0.1) is 11.8 Å². The SMILES string of the molecule is CCCC(C)N1CC=C[C@]23O[C@H]4/C=C\CCCCOC(=O)[C@H]4[C@H]2C(=O)N([C@H](CO)c2ccccc2)C3C1=O. The maximum atomic E-state index is 14.4. The molecule has 0 radical (unpaired) electrons. The second-order valence-electron chi connectivity index (χ2n) is 10.8. The number of benzene rings is 1. The van der Waals surface area contributed by atoms with Crippen molar-refractivity contribution >= 4 is 17.8 Å². The van der Waals surface area contributed by atoms with Crippen LogP contribution >= 0.6 is 0 Å². The lowest BCUT2D eigenvalue weighted by Gasteiger charge is -2.40. The number of aliphatic hydroxyl groups is 1. The summed E-state index contributed by atoms with van der Waals surface area (Å²) in [7, 11) is 0. The van der Waals surface area contributed by atoms with Gasteiger partial charge < -0.3 is 24.4 Å². The first-order valence-corrected chi connectivity index (χ1v) is 13.9. The van der Waals surface area contributed by atoms with Gasteiger partial charge in [-0.2, -0.15) is 0 Å². The fraction of sp³-hybridized carbons (Fsp3) is 0.567. The van der Waals surface area contributed by atoms with Gasteiger partial charge in [0, 0.05) is 12.6 Å². The summed E-state index contributed by atoms with van der Waals surface area (Å²) >= 11 is 0. The van der Waals surface area contributed by atoms with Gasteiger partial charge in [0.15, 0.2) is 0 Å². The third-order valence-corrected chi connectivity index (χ3v) is 8.50. The van der Waals surface area contributed by atoms with Crippen LogP contribution in [0.5, 0.6) is 0 Å². The van der Waals surface area contributed by atoms with E-state index in [-0.39, 0.29) is 31.1 Å². The van der Waals surface area contributed by atoms with Gasteiger partial charge in [-0.1, -0.05) is 68.0 Å². The third-order valence-electron chi connectivity index (χ3n) is 8.50. The van der Waals surface area contributed by atoms with E-state index in [1.807, 2.05) is 61.6 Å². The number of hydrogen-bond donors (Lipinski definition) is 1. The van der Waals surface area contributed by atoms with Gasteiger partial charge in [0.25, 0.3) is 0 Å². The number of cyclic esters (lactones) is 1. The van der Waals surface area contributed by atoms with Gasteiger partial charge in [-0.25, -0.2) is 0 Å². The third kappa shape index (κ3) is 4.37. The molecule has 2 fully saturated rings. The molecule has 2 saturated heterocycles. The quantitative estimate of drug-likeness (QED) is 0.456. The molecule has 7 atom stereocenters. The summed E-state index contributed by atoms with van der Waals surface area (Å²) in [5.74, 6) is -2.87. The zero-order valence-electron chi connectivity index (χ0n) is 22.2. The largest absolute Gasteiger partial charge is 0.465 e. The number of esters is 1. The molecule has 0 bridgehead atoms. The van der Waals surface area contributed by atoms with Crippen molar-refractivity contribution in [1.29, 1.82) is 0 Å². The van der Waals surface area contributed by atoms with Crippen molar-refractivity contribution in [2.45, 2.75) is 75.8 Å². The van der Waals surface area contributed by atoms with Crippen LogP contribution < -0.4 is 0 Å². The second-order valence-corrected chi connectivity index (χ2v) is 10.8. The molecule has 38 heavy (non-hydrogen) atoms. The van der Waals surface area contributed by atoms with Crippen molar-refractivity contribution in [3.63, 3.8) is 0 Å². The van der Waals surface area contributed by atoms with Crippen LogP contribution in [0.2, 0.25) is 0 Å². The van der Waals surface area contributed by atoms with Crippen molar-refractivity contribution in [2.24, 2.45) is 11.8 Å². The van der Waals surface area contributed by atoms with Gasteiger partial charge in [-0.3, -0.25) is 14.4 Å². The zero-order chi connectivity index (χ0) is 26.9. The van der Waals surface area contributed by atoms with Crippen LogP contribution in [-0.2, 0) is 23.9 Å². The number of allylic oxidation sites excluding steroid dienone is 1. The molecule has 204 valence electrons. The molecule has 4 aliphatic rings. The molecule has 0 saturated carbocycles. The smallest absolute Gasteiger partial charge is 0.312 e. The van der Waals surface area contributed by atoms with Gasteiger partial charge in [0.2, 0.25) is 11.8 Å². The number of carbonyl (C=O) groups excluding carboxylic acids is 3. The number of hydrogen-bond acceptors (Lipinski definition) is 6. The number of nitrogens with zero attached hydrogens (tertiary/aromatic N) is 2. The van der Waals surface area contributed by atoms with E-state index in [1.54, 1.807) is 4.90 Å². The second kappa shape index (κ2) is 11.0. The Morgan fingerprint density at radius 1 is 1.11 bits per heavy atom. The fourth-order valence-electron chi connectivity index (χ4n) is 6.71. The minimum atomic E-state index is -1.34.